The molecule has 0 radical (unpaired) electrons. The van der Waals surface area contributed by atoms with Crippen LogP contribution in [0.25, 0.3) is 17.0 Å². The summed E-state index contributed by atoms with van der Waals surface area (Å²) in [7, 11) is 0. The number of para-hydroxylation sites is 1. The molecule has 0 bridgehead atoms. The van der Waals surface area contributed by atoms with E-state index in [9.17, 15) is 15.2 Å². The van der Waals surface area contributed by atoms with E-state index in [2.05, 4.69) is 10.3 Å². The van der Waals surface area contributed by atoms with Gasteiger partial charge in [0.2, 0.25) is 0 Å². The smallest absolute Gasteiger partial charge is 0.261 e. The second-order valence-electron chi connectivity index (χ2n) is 5.76. The van der Waals surface area contributed by atoms with Crippen LogP contribution >= 0.6 is 0 Å². The van der Waals surface area contributed by atoms with Crippen molar-refractivity contribution in [2.24, 2.45) is 0 Å². The first-order valence-corrected chi connectivity index (χ1v) is 8.19. The average Bonchev–Trinajstić information content (AvgIpc) is 2.67. The van der Waals surface area contributed by atoms with Crippen LogP contribution in [-0.4, -0.2) is 22.5 Å². The van der Waals surface area contributed by atoms with E-state index < -0.39 is 5.91 Å². The Morgan fingerprint density at radius 3 is 2.69 bits per heavy atom. The maximum absolute atomic E-state index is 12.3. The molecule has 0 aliphatic heterocycles. The lowest BCUT2D eigenvalue weighted by molar-refractivity contribution is -0.117. The summed E-state index contributed by atoms with van der Waals surface area (Å²) in [5.41, 5.74) is 2.63. The SMILES string of the molecule is N#CC(=Cc1ccnc2ccccc12)C(=O)NCCc1ccc(O)cc1. The van der Waals surface area contributed by atoms with Crippen LogP contribution in [0, 0.1) is 11.3 Å². The van der Waals surface area contributed by atoms with Gasteiger partial charge in [0.05, 0.1) is 5.52 Å². The fourth-order valence-electron chi connectivity index (χ4n) is 2.63. The first kappa shape index (κ1) is 17.2. The molecule has 5 nitrogen and oxygen atoms in total. The first-order valence-electron chi connectivity index (χ1n) is 8.19. The molecule has 1 heterocycles. The van der Waals surface area contributed by atoms with Gasteiger partial charge in [-0.25, -0.2) is 0 Å². The Bertz CT molecular complexity index is 996. The number of nitrogens with one attached hydrogen (secondary N) is 1. The van der Waals surface area contributed by atoms with Crippen LogP contribution < -0.4 is 5.32 Å². The number of carbonyl (C=O) groups excluding carboxylic acids is 1. The minimum absolute atomic E-state index is 0.0482. The van der Waals surface area contributed by atoms with Crippen LogP contribution in [0.1, 0.15) is 11.1 Å². The topological polar surface area (TPSA) is 86.0 Å². The van der Waals surface area contributed by atoms with Gasteiger partial charge in [0, 0.05) is 18.1 Å². The summed E-state index contributed by atoms with van der Waals surface area (Å²) >= 11 is 0. The number of phenolic OH excluding ortho intramolecular Hbond substituents is 1. The monoisotopic (exact) mass is 343 g/mol. The van der Waals surface area contributed by atoms with Crippen molar-refractivity contribution in [3.05, 3.63) is 77.5 Å². The van der Waals surface area contributed by atoms with E-state index in [1.807, 2.05) is 30.3 Å². The lowest BCUT2D eigenvalue weighted by Gasteiger charge is -2.06. The van der Waals surface area contributed by atoms with Gasteiger partial charge in [-0.1, -0.05) is 30.3 Å². The maximum Gasteiger partial charge on any atom is 0.261 e. The third kappa shape index (κ3) is 4.05. The number of nitrogens with zero attached hydrogens (tertiary/aromatic N) is 2. The zero-order valence-electron chi connectivity index (χ0n) is 14.0. The first-order chi connectivity index (χ1) is 12.7. The fraction of sp³-hybridized carbons (Fsp3) is 0.0952. The number of hydrogen-bond donors (Lipinski definition) is 2. The van der Waals surface area contributed by atoms with E-state index in [-0.39, 0.29) is 11.3 Å². The molecular formula is C21H17N3O2. The van der Waals surface area contributed by atoms with E-state index in [1.165, 1.54) is 0 Å². The van der Waals surface area contributed by atoms with Crippen LogP contribution in [0.4, 0.5) is 0 Å². The van der Waals surface area contributed by atoms with Crippen LogP contribution in [-0.2, 0) is 11.2 Å². The summed E-state index contributed by atoms with van der Waals surface area (Å²) < 4.78 is 0. The summed E-state index contributed by atoms with van der Waals surface area (Å²) in [4.78, 5) is 16.6. The lowest BCUT2D eigenvalue weighted by atomic mass is 10.1. The van der Waals surface area contributed by atoms with Crippen LogP contribution in [0.5, 0.6) is 5.75 Å². The third-order valence-corrected chi connectivity index (χ3v) is 3.98. The van der Waals surface area contributed by atoms with E-state index >= 15 is 0 Å². The highest BCUT2D eigenvalue weighted by Gasteiger charge is 2.10. The van der Waals surface area contributed by atoms with E-state index in [4.69, 9.17) is 0 Å². The molecule has 2 N–H and O–H groups in total. The number of amides is 1. The van der Waals surface area contributed by atoms with Gasteiger partial charge >= 0.3 is 0 Å². The summed E-state index contributed by atoms with van der Waals surface area (Å²) in [6.45, 7) is 0.403. The van der Waals surface area contributed by atoms with Crippen molar-refractivity contribution in [2.45, 2.75) is 6.42 Å². The Morgan fingerprint density at radius 1 is 1.15 bits per heavy atom. The Morgan fingerprint density at radius 2 is 1.92 bits per heavy atom. The van der Waals surface area contributed by atoms with Gasteiger partial charge < -0.3 is 10.4 Å². The maximum atomic E-state index is 12.3. The number of aromatic nitrogens is 1. The van der Waals surface area contributed by atoms with E-state index in [1.54, 1.807) is 42.6 Å². The van der Waals surface area contributed by atoms with Crippen molar-refractivity contribution in [1.82, 2.24) is 10.3 Å². The molecule has 3 rings (SSSR count). The van der Waals surface area contributed by atoms with Crippen molar-refractivity contribution < 1.29 is 9.90 Å². The molecule has 3 aromatic rings. The largest absolute Gasteiger partial charge is 0.508 e. The number of carbonyl (C=O) groups is 1. The number of hydrogen-bond acceptors (Lipinski definition) is 4. The molecule has 0 spiro atoms. The molecule has 0 atom stereocenters. The predicted octanol–water partition coefficient (Wildman–Crippen LogP) is 3.21. The minimum atomic E-state index is -0.410. The standard InChI is InChI=1S/C21H17N3O2/c22-14-17(13-16-10-12-23-20-4-2-1-3-19(16)20)21(26)24-11-9-15-5-7-18(25)8-6-15/h1-8,10,12-13,25H,9,11H2,(H,24,26). The van der Waals surface area contributed by atoms with E-state index in [0.717, 1.165) is 22.0 Å². The lowest BCUT2D eigenvalue weighted by Crippen LogP contribution is -2.26. The van der Waals surface area contributed by atoms with Gasteiger partial charge in [0.1, 0.15) is 17.4 Å². The zero-order valence-corrected chi connectivity index (χ0v) is 14.0. The Kier molecular flexibility index (Phi) is 5.25. The van der Waals surface area contributed by atoms with Gasteiger partial charge in [-0.2, -0.15) is 5.26 Å². The van der Waals surface area contributed by atoms with Crippen molar-refractivity contribution >= 4 is 22.9 Å². The highest BCUT2D eigenvalue weighted by Crippen LogP contribution is 2.19. The molecule has 1 amide bonds. The molecule has 0 aliphatic carbocycles. The molecule has 0 fully saturated rings. The molecule has 0 unspecified atom stereocenters. The minimum Gasteiger partial charge on any atom is -0.508 e. The summed E-state index contributed by atoms with van der Waals surface area (Å²) in [5.74, 6) is -0.204. The Balaban J connectivity index is 1.71. The van der Waals surface area contributed by atoms with Crippen LogP contribution in [0.3, 0.4) is 0 Å². The highest BCUT2D eigenvalue weighted by molar-refractivity contribution is 6.03. The average molecular weight is 343 g/mol. The molecule has 1 aromatic heterocycles. The number of benzene rings is 2. The fourth-order valence-corrected chi connectivity index (χ4v) is 2.63. The summed E-state index contributed by atoms with van der Waals surface area (Å²) in [5, 5.41) is 22.3. The summed E-state index contributed by atoms with van der Waals surface area (Å²) in [6, 6.07) is 18.1. The van der Waals surface area contributed by atoms with Gasteiger partial charge in [-0.05, 0) is 47.9 Å². The van der Waals surface area contributed by atoms with Gasteiger partial charge in [0.15, 0.2) is 0 Å². The number of aromatic hydroxyl groups is 1. The molecule has 0 saturated carbocycles. The normalized spacial score (nSPS) is 11.1. The molecule has 128 valence electrons. The summed E-state index contributed by atoms with van der Waals surface area (Å²) in [6.07, 6.45) is 3.86. The number of pyridine rings is 1. The van der Waals surface area contributed by atoms with Gasteiger partial charge in [0.25, 0.3) is 5.91 Å². The Labute approximate surface area is 151 Å². The molecule has 0 saturated heterocycles. The number of fused-ring (bicyclic) bond motifs is 1. The molecule has 0 aliphatic rings. The second kappa shape index (κ2) is 7.95. The highest BCUT2D eigenvalue weighted by atomic mass is 16.3. The quantitative estimate of drug-likeness (QED) is 0.550. The molecule has 5 heteroatoms. The van der Waals surface area contributed by atoms with Gasteiger partial charge in [-0.3, -0.25) is 9.78 Å². The van der Waals surface area contributed by atoms with E-state index in [0.29, 0.717) is 13.0 Å². The predicted molar refractivity (Wildman–Crippen MR) is 100 cm³/mol. The van der Waals surface area contributed by atoms with Crippen LogP contribution in [0.2, 0.25) is 0 Å². The number of nitriles is 1. The molecular weight excluding hydrogens is 326 g/mol. The van der Waals surface area contributed by atoms with Crippen LogP contribution in [0.15, 0.2) is 66.4 Å². The van der Waals surface area contributed by atoms with Crippen molar-refractivity contribution in [3.8, 4) is 11.8 Å². The van der Waals surface area contributed by atoms with Crippen molar-refractivity contribution in [3.63, 3.8) is 0 Å². The van der Waals surface area contributed by atoms with Crippen molar-refractivity contribution in [2.75, 3.05) is 6.54 Å². The second-order valence-corrected chi connectivity index (χ2v) is 5.76. The molecule has 2 aromatic carbocycles. The zero-order chi connectivity index (χ0) is 18.4. The Hall–Kier alpha value is -3.65. The number of phenols is 1. The number of rotatable bonds is 5. The third-order valence-electron chi connectivity index (χ3n) is 3.98. The van der Waals surface area contributed by atoms with Gasteiger partial charge in [-0.15, -0.1) is 0 Å². The van der Waals surface area contributed by atoms with Crippen molar-refractivity contribution in [1.29, 1.82) is 5.26 Å². The molecule has 26 heavy (non-hydrogen) atoms.